The maximum Gasteiger partial charge on any atom is 0.422 e. The SMILES string of the molecule is COc1nccc(OCC(F)(F)F)n1. The number of hydrogen-bond acceptors (Lipinski definition) is 4. The van der Waals surface area contributed by atoms with Crippen LogP contribution in [0.5, 0.6) is 11.9 Å². The lowest BCUT2D eigenvalue weighted by atomic mass is 10.6. The second-order valence-electron chi connectivity index (χ2n) is 2.29. The molecule has 1 aromatic heterocycles. The average molecular weight is 208 g/mol. The summed E-state index contributed by atoms with van der Waals surface area (Å²) >= 11 is 0. The van der Waals surface area contributed by atoms with E-state index in [2.05, 4.69) is 19.4 Å². The summed E-state index contributed by atoms with van der Waals surface area (Å²) in [6.07, 6.45) is -3.13. The first kappa shape index (κ1) is 10.6. The fraction of sp³-hybridized carbons (Fsp3) is 0.429. The van der Waals surface area contributed by atoms with Gasteiger partial charge in [0.05, 0.1) is 7.11 Å². The third-order valence-corrected chi connectivity index (χ3v) is 1.17. The molecule has 4 nitrogen and oxygen atoms in total. The minimum Gasteiger partial charge on any atom is -0.468 e. The molecule has 0 aliphatic carbocycles. The highest BCUT2D eigenvalue weighted by Gasteiger charge is 2.28. The number of aromatic nitrogens is 2. The molecule has 1 rings (SSSR count). The highest BCUT2D eigenvalue weighted by atomic mass is 19.4. The molecular formula is C7H7F3N2O2. The monoisotopic (exact) mass is 208 g/mol. The number of hydrogen-bond donors (Lipinski definition) is 0. The van der Waals surface area contributed by atoms with E-state index < -0.39 is 12.8 Å². The number of nitrogens with zero attached hydrogens (tertiary/aromatic N) is 2. The highest BCUT2D eigenvalue weighted by Crippen LogP contribution is 2.17. The first-order valence-corrected chi connectivity index (χ1v) is 3.58. The predicted molar refractivity (Wildman–Crippen MR) is 40.1 cm³/mol. The molecule has 0 saturated carbocycles. The van der Waals surface area contributed by atoms with Crippen LogP contribution in [0.3, 0.4) is 0 Å². The van der Waals surface area contributed by atoms with Crippen LogP contribution in [0.2, 0.25) is 0 Å². The minimum atomic E-state index is -4.38. The summed E-state index contributed by atoms with van der Waals surface area (Å²) in [6, 6.07) is 1.18. The van der Waals surface area contributed by atoms with E-state index in [-0.39, 0.29) is 11.9 Å². The maximum absolute atomic E-state index is 11.7. The molecule has 0 amide bonds. The van der Waals surface area contributed by atoms with Gasteiger partial charge in [0.15, 0.2) is 6.61 Å². The second-order valence-corrected chi connectivity index (χ2v) is 2.29. The second kappa shape index (κ2) is 4.12. The normalized spacial score (nSPS) is 11.1. The average Bonchev–Trinajstić information content (AvgIpc) is 2.14. The molecule has 0 aromatic carbocycles. The van der Waals surface area contributed by atoms with Gasteiger partial charge in [0.1, 0.15) is 0 Å². The molecule has 0 bridgehead atoms. The Hall–Kier alpha value is -1.53. The third-order valence-electron chi connectivity index (χ3n) is 1.17. The van der Waals surface area contributed by atoms with Gasteiger partial charge in [-0.1, -0.05) is 0 Å². The molecular weight excluding hydrogens is 201 g/mol. The molecule has 0 N–H and O–H groups in total. The van der Waals surface area contributed by atoms with Crippen LogP contribution in [0, 0.1) is 0 Å². The van der Waals surface area contributed by atoms with Crippen LogP contribution in [0.4, 0.5) is 13.2 Å². The predicted octanol–water partition coefficient (Wildman–Crippen LogP) is 1.43. The van der Waals surface area contributed by atoms with Crippen molar-refractivity contribution in [3.05, 3.63) is 12.3 Å². The van der Waals surface area contributed by atoms with Gasteiger partial charge in [0, 0.05) is 12.3 Å². The van der Waals surface area contributed by atoms with Crippen molar-refractivity contribution in [1.29, 1.82) is 0 Å². The maximum atomic E-state index is 11.7. The lowest BCUT2D eigenvalue weighted by Crippen LogP contribution is -2.19. The van der Waals surface area contributed by atoms with Crippen molar-refractivity contribution in [2.75, 3.05) is 13.7 Å². The van der Waals surface area contributed by atoms with Gasteiger partial charge >= 0.3 is 12.2 Å². The van der Waals surface area contributed by atoms with E-state index in [1.54, 1.807) is 0 Å². The van der Waals surface area contributed by atoms with Crippen molar-refractivity contribution in [2.24, 2.45) is 0 Å². The van der Waals surface area contributed by atoms with Crippen molar-refractivity contribution < 1.29 is 22.6 Å². The molecule has 1 aromatic rings. The van der Waals surface area contributed by atoms with Crippen LogP contribution >= 0.6 is 0 Å². The summed E-state index contributed by atoms with van der Waals surface area (Å²) in [7, 11) is 1.31. The first-order chi connectivity index (χ1) is 6.51. The van der Waals surface area contributed by atoms with Gasteiger partial charge in [-0.15, -0.1) is 0 Å². The lowest BCUT2D eigenvalue weighted by Gasteiger charge is -2.08. The van der Waals surface area contributed by atoms with Gasteiger partial charge < -0.3 is 9.47 Å². The van der Waals surface area contributed by atoms with E-state index >= 15 is 0 Å². The Morgan fingerprint density at radius 2 is 2.14 bits per heavy atom. The molecule has 0 fully saturated rings. The van der Waals surface area contributed by atoms with Crippen molar-refractivity contribution >= 4 is 0 Å². The highest BCUT2D eigenvalue weighted by molar-refractivity contribution is 5.10. The van der Waals surface area contributed by atoms with Crippen molar-refractivity contribution in [3.63, 3.8) is 0 Å². The number of halogens is 3. The van der Waals surface area contributed by atoms with Crippen LogP contribution in [-0.4, -0.2) is 29.9 Å². The molecule has 0 unspecified atom stereocenters. The first-order valence-electron chi connectivity index (χ1n) is 3.58. The standard InChI is InChI=1S/C7H7F3N2O2/c1-13-6-11-3-2-5(12-6)14-4-7(8,9)10/h2-3H,4H2,1H3. The molecule has 7 heteroatoms. The number of methoxy groups -OCH3 is 1. The zero-order valence-electron chi connectivity index (χ0n) is 7.21. The van der Waals surface area contributed by atoms with Crippen molar-refractivity contribution in [3.8, 4) is 11.9 Å². The summed E-state index contributed by atoms with van der Waals surface area (Å²) in [6.45, 7) is -1.38. The zero-order valence-corrected chi connectivity index (χ0v) is 7.21. The molecule has 0 radical (unpaired) electrons. The topological polar surface area (TPSA) is 44.2 Å². The Kier molecular flexibility index (Phi) is 3.10. The van der Waals surface area contributed by atoms with Gasteiger partial charge in [0.2, 0.25) is 5.88 Å². The summed E-state index contributed by atoms with van der Waals surface area (Å²) in [5.41, 5.74) is 0. The molecule has 0 aliphatic rings. The third kappa shape index (κ3) is 3.46. The fourth-order valence-corrected chi connectivity index (χ4v) is 0.660. The van der Waals surface area contributed by atoms with Gasteiger partial charge in [0.25, 0.3) is 0 Å². The van der Waals surface area contributed by atoms with E-state index in [4.69, 9.17) is 0 Å². The molecule has 0 spiro atoms. The summed E-state index contributed by atoms with van der Waals surface area (Å²) < 4.78 is 44.1. The number of ether oxygens (including phenoxy) is 2. The van der Waals surface area contributed by atoms with Crippen molar-refractivity contribution in [2.45, 2.75) is 6.18 Å². The lowest BCUT2D eigenvalue weighted by molar-refractivity contribution is -0.154. The van der Waals surface area contributed by atoms with Crippen LogP contribution in [0.15, 0.2) is 12.3 Å². The molecule has 78 valence electrons. The van der Waals surface area contributed by atoms with E-state index in [9.17, 15) is 13.2 Å². The molecule has 1 heterocycles. The molecule has 14 heavy (non-hydrogen) atoms. The Labute approximate surface area is 77.7 Å². The smallest absolute Gasteiger partial charge is 0.422 e. The quantitative estimate of drug-likeness (QED) is 0.753. The Morgan fingerprint density at radius 3 is 2.71 bits per heavy atom. The number of rotatable bonds is 3. The van der Waals surface area contributed by atoms with Crippen molar-refractivity contribution in [1.82, 2.24) is 9.97 Å². The van der Waals surface area contributed by atoms with Crippen LogP contribution < -0.4 is 9.47 Å². The molecule has 0 atom stereocenters. The van der Waals surface area contributed by atoms with Gasteiger partial charge in [-0.3, -0.25) is 0 Å². The van der Waals surface area contributed by atoms with Gasteiger partial charge in [-0.25, -0.2) is 4.98 Å². The van der Waals surface area contributed by atoms with Crippen LogP contribution in [0.25, 0.3) is 0 Å². The van der Waals surface area contributed by atoms with E-state index in [0.717, 1.165) is 0 Å². The van der Waals surface area contributed by atoms with Gasteiger partial charge in [-0.05, 0) is 0 Å². The fourth-order valence-electron chi connectivity index (χ4n) is 0.660. The zero-order chi connectivity index (χ0) is 10.6. The summed E-state index contributed by atoms with van der Waals surface area (Å²) in [4.78, 5) is 7.15. The van der Waals surface area contributed by atoms with Crippen LogP contribution in [0.1, 0.15) is 0 Å². The van der Waals surface area contributed by atoms with E-state index in [1.807, 2.05) is 0 Å². The molecule has 0 saturated heterocycles. The van der Waals surface area contributed by atoms with Gasteiger partial charge in [-0.2, -0.15) is 18.2 Å². The minimum absolute atomic E-state index is 0.0373. The Balaban J connectivity index is 2.59. The number of alkyl halides is 3. The Bertz CT molecular complexity index is 303. The van der Waals surface area contributed by atoms with Crippen LogP contribution in [-0.2, 0) is 0 Å². The Morgan fingerprint density at radius 1 is 1.43 bits per heavy atom. The molecule has 0 aliphatic heterocycles. The largest absolute Gasteiger partial charge is 0.468 e. The van der Waals surface area contributed by atoms with E-state index in [1.165, 1.54) is 19.4 Å². The summed E-state index contributed by atoms with van der Waals surface area (Å²) in [5, 5.41) is 0. The summed E-state index contributed by atoms with van der Waals surface area (Å²) in [5.74, 6) is -0.172. The van der Waals surface area contributed by atoms with E-state index in [0.29, 0.717) is 0 Å².